The molecule has 2 aromatic rings. The molecule has 0 N–H and O–H groups in total. The molecule has 4 rings (SSSR count). The van der Waals surface area contributed by atoms with Crippen molar-refractivity contribution in [1.29, 1.82) is 0 Å². The van der Waals surface area contributed by atoms with Gasteiger partial charge < -0.3 is 9.30 Å². The number of likely N-dealkylation sites (tertiary alicyclic amines) is 1. The van der Waals surface area contributed by atoms with Gasteiger partial charge in [-0.15, -0.1) is 0 Å². The van der Waals surface area contributed by atoms with Gasteiger partial charge in [0.25, 0.3) is 5.91 Å². The predicted octanol–water partition coefficient (Wildman–Crippen LogP) is 3.59. The van der Waals surface area contributed by atoms with E-state index in [0.29, 0.717) is 19.6 Å². The van der Waals surface area contributed by atoms with Crippen LogP contribution in [0.25, 0.3) is 0 Å². The highest BCUT2D eigenvalue weighted by Gasteiger charge is 2.36. The van der Waals surface area contributed by atoms with E-state index >= 15 is 0 Å². The standard InChI is InChI=1S/C26H34N4O3/c1-5-33-26(32)21-8-6-13-29(16-21)17-25(31)30-24(23-9-7-12-28(23)4)15-22(27-30)20-11-10-18(2)19(3)14-20/h7,9-12,14,21,24H,5-6,8,13,15-17H2,1-4H3/t21-,24+/m0/s1. The molecule has 0 saturated carbocycles. The van der Waals surface area contributed by atoms with E-state index < -0.39 is 0 Å². The number of carbonyl (C=O) groups excluding carboxylic acids is 2. The number of hydrogen-bond acceptors (Lipinski definition) is 5. The molecular weight excluding hydrogens is 416 g/mol. The van der Waals surface area contributed by atoms with Gasteiger partial charge in [-0.3, -0.25) is 14.5 Å². The van der Waals surface area contributed by atoms with Gasteiger partial charge in [0.15, 0.2) is 0 Å². The lowest BCUT2D eigenvalue weighted by molar-refractivity contribution is -0.150. The van der Waals surface area contributed by atoms with E-state index in [4.69, 9.17) is 9.84 Å². The first kappa shape index (κ1) is 23.2. The lowest BCUT2D eigenvalue weighted by Gasteiger charge is -2.32. The molecule has 0 spiro atoms. The molecule has 1 fully saturated rings. The van der Waals surface area contributed by atoms with E-state index in [1.54, 1.807) is 5.01 Å². The first-order valence-electron chi connectivity index (χ1n) is 11.8. The number of nitrogens with zero attached hydrogens (tertiary/aromatic N) is 4. The predicted molar refractivity (Wildman–Crippen MR) is 128 cm³/mol. The van der Waals surface area contributed by atoms with Crippen LogP contribution in [0.15, 0.2) is 41.6 Å². The monoisotopic (exact) mass is 450 g/mol. The van der Waals surface area contributed by atoms with E-state index in [2.05, 4.69) is 47.6 Å². The Bertz CT molecular complexity index is 1060. The Morgan fingerprint density at radius 2 is 2.00 bits per heavy atom. The number of hydrazone groups is 1. The first-order valence-corrected chi connectivity index (χ1v) is 11.8. The van der Waals surface area contributed by atoms with Crippen LogP contribution in [-0.4, -0.2) is 58.3 Å². The molecule has 1 aromatic carbocycles. The normalized spacial score (nSPS) is 21.2. The van der Waals surface area contributed by atoms with Gasteiger partial charge in [-0.2, -0.15) is 5.10 Å². The number of aryl methyl sites for hydroxylation is 3. The fourth-order valence-electron chi connectivity index (χ4n) is 4.80. The maximum atomic E-state index is 13.5. The Kier molecular flexibility index (Phi) is 6.98. The second-order valence-electron chi connectivity index (χ2n) is 9.17. The van der Waals surface area contributed by atoms with Crippen LogP contribution < -0.4 is 0 Å². The molecule has 2 aliphatic rings. The number of benzene rings is 1. The summed E-state index contributed by atoms with van der Waals surface area (Å²) in [5, 5.41) is 6.49. The summed E-state index contributed by atoms with van der Waals surface area (Å²) in [7, 11) is 2.00. The molecule has 7 nitrogen and oxygen atoms in total. The smallest absolute Gasteiger partial charge is 0.310 e. The van der Waals surface area contributed by atoms with Crippen molar-refractivity contribution < 1.29 is 14.3 Å². The summed E-state index contributed by atoms with van der Waals surface area (Å²) in [4.78, 5) is 27.8. The minimum atomic E-state index is -0.164. The minimum absolute atomic E-state index is 0.0375. The zero-order valence-corrected chi connectivity index (χ0v) is 20.1. The van der Waals surface area contributed by atoms with E-state index in [1.165, 1.54) is 11.1 Å². The summed E-state index contributed by atoms with van der Waals surface area (Å²) in [6, 6.07) is 10.3. The highest BCUT2D eigenvalue weighted by Crippen LogP contribution is 2.33. The van der Waals surface area contributed by atoms with E-state index in [1.807, 2.05) is 26.2 Å². The Labute approximate surface area is 196 Å². The second kappa shape index (κ2) is 9.91. The zero-order valence-electron chi connectivity index (χ0n) is 20.1. The lowest BCUT2D eigenvalue weighted by Crippen LogP contribution is -2.45. The molecule has 2 atom stereocenters. The second-order valence-corrected chi connectivity index (χ2v) is 9.17. The van der Waals surface area contributed by atoms with Crippen molar-refractivity contribution in [3.8, 4) is 0 Å². The van der Waals surface area contributed by atoms with Gasteiger partial charge in [-0.25, -0.2) is 5.01 Å². The van der Waals surface area contributed by atoms with Crippen molar-refractivity contribution >= 4 is 17.6 Å². The van der Waals surface area contributed by atoms with Crippen molar-refractivity contribution in [2.45, 2.75) is 46.1 Å². The Morgan fingerprint density at radius 1 is 1.18 bits per heavy atom. The molecule has 0 radical (unpaired) electrons. The molecule has 1 aromatic heterocycles. The summed E-state index contributed by atoms with van der Waals surface area (Å²) in [6.07, 6.45) is 4.38. The lowest BCUT2D eigenvalue weighted by atomic mass is 9.98. The van der Waals surface area contributed by atoms with Gasteiger partial charge in [0.2, 0.25) is 0 Å². The fourth-order valence-corrected chi connectivity index (χ4v) is 4.80. The molecule has 1 amide bonds. The summed E-state index contributed by atoms with van der Waals surface area (Å²) in [5.74, 6) is -0.361. The number of ether oxygens (including phenoxy) is 1. The van der Waals surface area contributed by atoms with Crippen LogP contribution in [0.2, 0.25) is 0 Å². The van der Waals surface area contributed by atoms with Crippen LogP contribution in [0, 0.1) is 19.8 Å². The van der Waals surface area contributed by atoms with Crippen LogP contribution in [0.4, 0.5) is 0 Å². The van der Waals surface area contributed by atoms with Crippen molar-refractivity contribution in [1.82, 2.24) is 14.5 Å². The van der Waals surface area contributed by atoms with Gasteiger partial charge in [0.05, 0.1) is 24.8 Å². The summed E-state index contributed by atoms with van der Waals surface area (Å²) in [6.45, 7) is 8.02. The van der Waals surface area contributed by atoms with Crippen molar-refractivity contribution in [2.75, 3.05) is 26.2 Å². The molecular formula is C26H34N4O3. The van der Waals surface area contributed by atoms with Crippen LogP contribution in [0.5, 0.6) is 0 Å². The van der Waals surface area contributed by atoms with Crippen LogP contribution >= 0.6 is 0 Å². The molecule has 33 heavy (non-hydrogen) atoms. The molecule has 176 valence electrons. The van der Waals surface area contributed by atoms with Crippen molar-refractivity contribution in [3.05, 3.63) is 58.9 Å². The van der Waals surface area contributed by atoms with Gasteiger partial charge in [-0.1, -0.05) is 12.1 Å². The van der Waals surface area contributed by atoms with Crippen molar-refractivity contribution in [2.24, 2.45) is 18.1 Å². The summed E-state index contributed by atoms with van der Waals surface area (Å²) in [5.41, 5.74) is 5.52. The SMILES string of the molecule is CCOC(=O)[C@H]1CCCN(CC(=O)N2N=C(c3ccc(C)c(C)c3)C[C@@H]2c2cccn2C)C1. The van der Waals surface area contributed by atoms with E-state index in [9.17, 15) is 9.59 Å². The first-order chi connectivity index (χ1) is 15.9. The molecule has 3 heterocycles. The molecule has 0 aliphatic carbocycles. The summed E-state index contributed by atoms with van der Waals surface area (Å²) < 4.78 is 7.27. The third-order valence-corrected chi connectivity index (χ3v) is 6.82. The Morgan fingerprint density at radius 3 is 2.70 bits per heavy atom. The zero-order chi connectivity index (χ0) is 23.5. The Hall–Kier alpha value is -2.93. The van der Waals surface area contributed by atoms with Crippen molar-refractivity contribution in [3.63, 3.8) is 0 Å². The number of aromatic nitrogens is 1. The quantitative estimate of drug-likeness (QED) is 0.631. The number of hydrogen-bond donors (Lipinski definition) is 0. The van der Waals surface area contributed by atoms with Gasteiger partial charge in [-0.05, 0) is 75.0 Å². The number of esters is 1. The van der Waals surface area contributed by atoms with Gasteiger partial charge in [0, 0.05) is 31.9 Å². The molecule has 0 bridgehead atoms. The molecule has 1 saturated heterocycles. The van der Waals surface area contributed by atoms with Crippen LogP contribution in [-0.2, 0) is 21.4 Å². The summed E-state index contributed by atoms with van der Waals surface area (Å²) >= 11 is 0. The average Bonchev–Trinajstić information content (AvgIpc) is 3.42. The molecule has 0 unspecified atom stereocenters. The van der Waals surface area contributed by atoms with Gasteiger partial charge in [0.1, 0.15) is 6.04 Å². The largest absolute Gasteiger partial charge is 0.466 e. The third-order valence-electron chi connectivity index (χ3n) is 6.82. The number of carbonyl (C=O) groups is 2. The van der Waals surface area contributed by atoms with Crippen LogP contribution in [0.1, 0.15) is 54.6 Å². The number of rotatable bonds is 6. The topological polar surface area (TPSA) is 67.1 Å². The highest BCUT2D eigenvalue weighted by atomic mass is 16.5. The van der Waals surface area contributed by atoms with Crippen LogP contribution in [0.3, 0.4) is 0 Å². The Balaban J connectivity index is 1.54. The maximum Gasteiger partial charge on any atom is 0.310 e. The molecule has 7 heteroatoms. The highest BCUT2D eigenvalue weighted by molar-refractivity contribution is 6.03. The fraction of sp³-hybridized carbons (Fsp3) is 0.500. The molecule has 2 aliphatic heterocycles. The van der Waals surface area contributed by atoms with Gasteiger partial charge >= 0.3 is 5.97 Å². The average molecular weight is 451 g/mol. The van der Waals surface area contributed by atoms with E-state index in [0.717, 1.165) is 36.4 Å². The van der Waals surface area contributed by atoms with E-state index in [-0.39, 0.29) is 30.4 Å². The minimum Gasteiger partial charge on any atom is -0.466 e. The maximum absolute atomic E-state index is 13.5. The number of amides is 1. The number of piperidine rings is 1. The third kappa shape index (κ3) is 5.03.